The lowest BCUT2D eigenvalue weighted by Crippen LogP contribution is -2.59. The molecule has 4 nitrogen and oxygen atoms in total. The number of hydrogen-bond acceptors (Lipinski definition) is 3. The van der Waals surface area contributed by atoms with Crippen molar-refractivity contribution in [2.75, 3.05) is 20.6 Å². The molecule has 0 radical (unpaired) electrons. The molecule has 0 aromatic rings. The average molecular weight is 283 g/mol. The largest absolute Gasteiger partial charge is 0.353 e. The zero-order chi connectivity index (χ0) is 15.4. The fourth-order valence-electron chi connectivity index (χ4n) is 3.44. The fourth-order valence-corrected chi connectivity index (χ4v) is 3.44. The van der Waals surface area contributed by atoms with Gasteiger partial charge in [0, 0.05) is 12.1 Å². The number of hydrogen-bond donors (Lipinski definition) is 2. The van der Waals surface area contributed by atoms with E-state index in [9.17, 15) is 4.79 Å². The van der Waals surface area contributed by atoms with Gasteiger partial charge in [-0.25, -0.2) is 0 Å². The van der Waals surface area contributed by atoms with Gasteiger partial charge in [0.1, 0.15) is 0 Å². The molecule has 3 N–H and O–H groups in total. The SMILES string of the molecule is CCCC(C)(N)C(=O)NCC1(N(C)C)CCCC(C)C1. The molecule has 20 heavy (non-hydrogen) atoms. The number of carbonyl (C=O) groups is 1. The summed E-state index contributed by atoms with van der Waals surface area (Å²) in [5.41, 5.74) is 5.45. The van der Waals surface area contributed by atoms with Crippen molar-refractivity contribution in [3.63, 3.8) is 0 Å². The van der Waals surface area contributed by atoms with Crippen molar-refractivity contribution in [2.45, 2.75) is 70.4 Å². The van der Waals surface area contributed by atoms with Crippen LogP contribution >= 0.6 is 0 Å². The minimum atomic E-state index is -0.747. The number of rotatable bonds is 6. The predicted octanol–water partition coefficient (Wildman–Crippen LogP) is 2.13. The van der Waals surface area contributed by atoms with Gasteiger partial charge in [-0.2, -0.15) is 0 Å². The molecule has 1 amide bonds. The molecule has 0 aromatic carbocycles. The summed E-state index contributed by atoms with van der Waals surface area (Å²) < 4.78 is 0. The van der Waals surface area contributed by atoms with Gasteiger partial charge in [0.2, 0.25) is 5.91 Å². The van der Waals surface area contributed by atoms with E-state index in [1.54, 1.807) is 0 Å². The van der Waals surface area contributed by atoms with Crippen molar-refractivity contribution < 1.29 is 4.79 Å². The van der Waals surface area contributed by atoms with Crippen LogP contribution in [0.2, 0.25) is 0 Å². The van der Waals surface area contributed by atoms with E-state index >= 15 is 0 Å². The summed E-state index contributed by atoms with van der Waals surface area (Å²) in [6.45, 7) is 6.91. The number of likely N-dealkylation sites (N-methyl/N-ethyl adjacent to an activating group) is 1. The summed E-state index contributed by atoms with van der Waals surface area (Å²) in [6, 6.07) is 0. The van der Waals surface area contributed by atoms with Crippen molar-refractivity contribution in [1.82, 2.24) is 10.2 Å². The Morgan fingerprint density at radius 1 is 1.50 bits per heavy atom. The van der Waals surface area contributed by atoms with Gasteiger partial charge in [-0.1, -0.05) is 33.1 Å². The summed E-state index contributed by atoms with van der Waals surface area (Å²) in [4.78, 5) is 14.6. The lowest BCUT2D eigenvalue weighted by Gasteiger charge is -2.45. The highest BCUT2D eigenvalue weighted by Crippen LogP contribution is 2.35. The minimum absolute atomic E-state index is 0.0150. The second-order valence-electron chi connectivity index (χ2n) is 7.17. The van der Waals surface area contributed by atoms with Gasteiger partial charge in [0.15, 0.2) is 0 Å². The van der Waals surface area contributed by atoms with E-state index in [0.717, 1.165) is 31.6 Å². The maximum Gasteiger partial charge on any atom is 0.239 e. The average Bonchev–Trinajstić information content (AvgIpc) is 2.35. The van der Waals surface area contributed by atoms with Crippen LogP contribution < -0.4 is 11.1 Å². The maximum atomic E-state index is 12.3. The van der Waals surface area contributed by atoms with Gasteiger partial charge in [-0.3, -0.25) is 4.79 Å². The molecule has 1 aliphatic rings. The Bertz CT molecular complexity index is 328. The Hall–Kier alpha value is -0.610. The lowest BCUT2D eigenvalue weighted by molar-refractivity contribution is -0.126. The smallest absolute Gasteiger partial charge is 0.239 e. The first-order valence-electron chi connectivity index (χ1n) is 7.98. The minimum Gasteiger partial charge on any atom is -0.353 e. The second kappa shape index (κ2) is 6.90. The summed E-state index contributed by atoms with van der Waals surface area (Å²) >= 11 is 0. The Kier molecular flexibility index (Phi) is 6.02. The van der Waals surface area contributed by atoms with Crippen molar-refractivity contribution >= 4 is 5.91 Å². The molecule has 1 fully saturated rings. The molecule has 0 spiro atoms. The van der Waals surface area contributed by atoms with E-state index in [2.05, 4.69) is 38.2 Å². The highest BCUT2D eigenvalue weighted by Gasteiger charge is 2.38. The molecule has 0 aliphatic heterocycles. The zero-order valence-electron chi connectivity index (χ0n) is 14.0. The van der Waals surface area contributed by atoms with E-state index in [1.807, 2.05) is 6.92 Å². The van der Waals surface area contributed by atoms with Crippen LogP contribution in [0.15, 0.2) is 0 Å². The van der Waals surface area contributed by atoms with Crippen molar-refractivity contribution in [2.24, 2.45) is 11.7 Å². The Morgan fingerprint density at radius 2 is 2.15 bits per heavy atom. The standard InChI is InChI=1S/C16H33N3O/c1-6-9-15(3,17)14(20)18-12-16(19(4)5)10-7-8-13(2)11-16/h13H,6-12,17H2,1-5H3,(H,18,20). The molecular weight excluding hydrogens is 250 g/mol. The molecular formula is C16H33N3O. The summed E-state index contributed by atoms with van der Waals surface area (Å²) in [5, 5.41) is 3.11. The Balaban J connectivity index is 2.66. The summed E-state index contributed by atoms with van der Waals surface area (Å²) in [5.74, 6) is 0.710. The van der Waals surface area contributed by atoms with E-state index in [-0.39, 0.29) is 11.4 Å². The van der Waals surface area contributed by atoms with Gasteiger partial charge in [-0.05, 0) is 46.2 Å². The van der Waals surface area contributed by atoms with E-state index in [4.69, 9.17) is 5.73 Å². The van der Waals surface area contributed by atoms with Crippen LogP contribution in [0.1, 0.15) is 59.3 Å². The third-order valence-electron chi connectivity index (χ3n) is 4.88. The van der Waals surface area contributed by atoms with Gasteiger partial charge in [0.05, 0.1) is 5.54 Å². The molecule has 4 heteroatoms. The van der Waals surface area contributed by atoms with Crippen LogP contribution in [0.4, 0.5) is 0 Å². The van der Waals surface area contributed by atoms with Crippen LogP contribution in [-0.4, -0.2) is 42.5 Å². The predicted molar refractivity (Wildman–Crippen MR) is 84.6 cm³/mol. The fraction of sp³-hybridized carbons (Fsp3) is 0.938. The molecule has 0 bridgehead atoms. The van der Waals surface area contributed by atoms with Gasteiger partial charge < -0.3 is 16.0 Å². The van der Waals surface area contributed by atoms with E-state index in [1.165, 1.54) is 12.8 Å². The molecule has 1 aliphatic carbocycles. The van der Waals surface area contributed by atoms with E-state index in [0.29, 0.717) is 6.54 Å². The zero-order valence-corrected chi connectivity index (χ0v) is 14.0. The van der Waals surface area contributed by atoms with Crippen LogP contribution in [0.3, 0.4) is 0 Å². The maximum absolute atomic E-state index is 12.3. The quantitative estimate of drug-likeness (QED) is 0.785. The molecule has 3 atom stereocenters. The number of nitrogens with zero attached hydrogens (tertiary/aromatic N) is 1. The number of nitrogens with one attached hydrogen (secondary N) is 1. The number of amides is 1. The van der Waals surface area contributed by atoms with E-state index < -0.39 is 5.54 Å². The molecule has 0 saturated heterocycles. The van der Waals surface area contributed by atoms with Crippen molar-refractivity contribution in [3.05, 3.63) is 0 Å². The normalized spacial score (nSPS) is 30.1. The summed E-state index contributed by atoms with van der Waals surface area (Å²) in [6.07, 6.45) is 6.49. The first kappa shape index (κ1) is 17.4. The lowest BCUT2D eigenvalue weighted by atomic mass is 9.75. The van der Waals surface area contributed by atoms with Crippen molar-refractivity contribution in [1.29, 1.82) is 0 Å². The highest BCUT2D eigenvalue weighted by molar-refractivity contribution is 5.85. The topological polar surface area (TPSA) is 58.4 Å². The molecule has 3 unspecified atom stereocenters. The van der Waals surface area contributed by atoms with Crippen LogP contribution in [0.5, 0.6) is 0 Å². The van der Waals surface area contributed by atoms with Gasteiger partial charge >= 0.3 is 0 Å². The van der Waals surface area contributed by atoms with Gasteiger partial charge in [-0.15, -0.1) is 0 Å². The van der Waals surface area contributed by atoms with Crippen LogP contribution in [0.25, 0.3) is 0 Å². The first-order chi connectivity index (χ1) is 9.23. The second-order valence-corrected chi connectivity index (χ2v) is 7.17. The highest BCUT2D eigenvalue weighted by atomic mass is 16.2. The summed E-state index contributed by atoms with van der Waals surface area (Å²) in [7, 11) is 4.25. The molecule has 118 valence electrons. The number of nitrogens with two attached hydrogens (primary N) is 1. The van der Waals surface area contributed by atoms with Gasteiger partial charge in [0.25, 0.3) is 0 Å². The first-order valence-corrected chi connectivity index (χ1v) is 7.98. The van der Waals surface area contributed by atoms with Crippen LogP contribution in [0, 0.1) is 5.92 Å². The monoisotopic (exact) mass is 283 g/mol. The molecule has 0 heterocycles. The third kappa shape index (κ3) is 4.19. The third-order valence-corrected chi connectivity index (χ3v) is 4.88. The number of carbonyl (C=O) groups excluding carboxylic acids is 1. The van der Waals surface area contributed by atoms with Crippen LogP contribution in [-0.2, 0) is 4.79 Å². The molecule has 1 rings (SSSR count). The molecule has 0 aromatic heterocycles. The van der Waals surface area contributed by atoms with Crippen molar-refractivity contribution in [3.8, 4) is 0 Å². The Morgan fingerprint density at radius 3 is 2.65 bits per heavy atom. The Labute approximate surface area is 124 Å². The molecule has 1 saturated carbocycles.